The minimum Gasteiger partial charge on any atom is -0.382 e. The smallest absolute Gasteiger partial charge is 0.258 e. The largest absolute Gasteiger partial charge is 0.382 e. The molecule has 0 aliphatic heterocycles. The molecule has 0 radical (unpaired) electrons. The van der Waals surface area contributed by atoms with E-state index in [1.54, 1.807) is 0 Å². The summed E-state index contributed by atoms with van der Waals surface area (Å²) in [5.41, 5.74) is 6.45. The molecular weight excluding hydrogens is 284 g/mol. The Bertz CT molecular complexity index is 457. The van der Waals surface area contributed by atoms with E-state index in [0.29, 0.717) is 17.4 Å². The van der Waals surface area contributed by atoms with Crippen molar-refractivity contribution in [1.29, 1.82) is 0 Å². The van der Waals surface area contributed by atoms with E-state index in [9.17, 15) is 4.79 Å². The molecule has 3 N–H and O–H groups in total. The van der Waals surface area contributed by atoms with Crippen LogP contribution in [-0.4, -0.2) is 28.9 Å². The first-order chi connectivity index (χ1) is 9.88. The average Bonchev–Trinajstić information content (AvgIpc) is 2.75. The first kappa shape index (κ1) is 17.8. The Morgan fingerprint density at radius 1 is 1.33 bits per heavy atom. The number of nitrogens with one attached hydrogen (secondary N) is 1. The highest BCUT2D eigenvalue weighted by Crippen LogP contribution is 2.32. The van der Waals surface area contributed by atoms with E-state index < -0.39 is 0 Å². The minimum absolute atomic E-state index is 0.0808. The lowest BCUT2D eigenvalue weighted by molar-refractivity contribution is 0.0944. The second kappa shape index (κ2) is 8.22. The number of rotatable bonds is 8. The molecule has 0 unspecified atom stereocenters. The van der Waals surface area contributed by atoms with Crippen LogP contribution in [0.2, 0.25) is 0 Å². The number of anilines is 2. The quantitative estimate of drug-likeness (QED) is 0.723. The molecule has 0 fully saturated rings. The molecular formula is C15H28N4OS. The lowest BCUT2D eigenvalue weighted by Crippen LogP contribution is -2.35. The van der Waals surface area contributed by atoms with Crippen molar-refractivity contribution in [3.05, 3.63) is 5.56 Å². The van der Waals surface area contributed by atoms with Crippen LogP contribution in [0, 0.1) is 0 Å². The number of amides is 1. The molecule has 6 heteroatoms. The first-order valence-corrected chi connectivity index (χ1v) is 8.48. The number of hydrogen-bond donors (Lipinski definition) is 2. The highest BCUT2D eigenvalue weighted by molar-refractivity contribution is 7.11. The molecule has 1 amide bonds. The summed E-state index contributed by atoms with van der Waals surface area (Å²) in [5, 5.41) is 3.79. The third-order valence-electron chi connectivity index (χ3n) is 3.23. The number of nitrogens with two attached hydrogens (primary N) is 1. The van der Waals surface area contributed by atoms with Crippen molar-refractivity contribution in [3.8, 4) is 0 Å². The second-order valence-corrected chi connectivity index (χ2v) is 6.62. The zero-order valence-electron chi connectivity index (χ0n) is 13.8. The molecule has 1 heterocycles. The minimum atomic E-state index is -0.132. The number of carbonyl (C=O) groups excluding carboxylic acids is 1. The van der Waals surface area contributed by atoms with Gasteiger partial charge in [0.25, 0.3) is 5.91 Å². The van der Waals surface area contributed by atoms with Crippen LogP contribution < -0.4 is 16.0 Å². The van der Waals surface area contributed by atoms with Crippen LogP contribution in [0.4, 0.5) is 10.8 Å². The normalized spacial score (nSPS) is 11.2. The molecule has 0 aromatic carbocycles. The van der Waals surface area contributed by atoms with E-state index in [2.05, 4.69) is 35.4 Å². The molecule has 1 aromatic rings. The van der Waals surface area contributed by atoms with Gasteiger partial charge in [0, 0.05) is 18.6 Å². The third-order valence-corrected chi connectivity index (χ3v) is 4.13. The molecule has 0 aliphatic carbocycles. The van der Waals surface area contributed by atoms with Gasteiger partial charge in [-0.2, -0.15) is 4.37 Å². The summed E-state index contributed by atoms with van der Waals surface area (Å²) in [6.45, 7) is 11.3. The van der Waals surface area contributed by atoms with Gasteiger partial charge < -0.3 is 16.0 Å². The number of nitrogens with zero attached hydrogens (tertiary/aromatic N) is 2. The van der Waals surface area contributed by atoms with Gasteiger partial charge in [-0.3, -0.25) is 4.79 Å². The Kier molecular flexibility index (Phi) is 6.95. The maximum atomic E-state index is 12.4. The molecule has 120 valence electrons. The van der Waals surface area contributed by atoms with Crippen LogP contribution in [-0.2, 0) is 0 Å². The van der Waals surface area contributed by atoms with Crippen LogP contribution in [0.1, 0.15) is 64.2 Å². The maximum Gasteiger partial charge on any atom is 0.258 e. The number of hydrogen-bond acceptors (Lipinski definition) is 5. The zero-order chi connectivity index (χ0) is 16.0. The Morgan fingerprint density at radius 3 is 2.52 bits per heavy atom. The molecule has 0 saturated heterocycles. The average molecular weight is 312 g/mol. The lowest BCUT2D eigenvalue weighted by atomic mass is 10.2. The number of aromatic nitrogens is 1. The summed E-state index contributed by atoms with van der Waals surface area (Å²) >= 11 is 1.32. The van der Waals surface area contributed by atoms with Crippen molar-refractivity contribution in [3.63, 3.8) is 0 Å². The summed E-state index contributed by atoms with van der Waals surface area (Å²) in [4.78, 5) is 14.6. The predicted octanol–water partition coefficient (Wildman–Crippen LogP) is 3.27. The summed E-state index contributed by atoms with van der Waals surface area (Å²) in [5.74, 6) is 0.196. The monoisotopic (exact) mass is 312 g/mol. The van der Waals surface area contributed by atoms with E-state index in [1.807, 2.05) is 13.8 Å². The molecule has 0 saturated carbocycles. The highest BCUT2D eigenvalue weighted by Gasteiger charge is 2.25. The summed E-state index contributed by atoms with van der Waals surface area (Å²) < 4.78 is 4.19. The van der Waals surface area contributed by atoms with Gasteiger partial charge in [0.15, 0.2) is 5.82 Å². The standard InChI is InChI=1S/C15H28N4OS/c1-6-7-8-9-19(11(4)5)15-12(13(16)18-21-15)14(20)17-10(2)3/h10-11H,6-9H2,1-5H3,(H2,16,18)(H,17,20). The van der Waals surface area contributed by atoms with Gasteiger partial charge in [0.05, 0.1) is 0 Å². The zero-order valence-corrected chi connectivity index (χ0v) is 14.6. The Hall–Kier alpha value is -1.30. The Morgan fingerprint density at radius 2 is 2.00 bits per heavy atom. The van der Waals surface area contributed by atoms with Crippen molar-refractivity contribution in [2.75, 3.05) is 17.2 Å². The van der Waals surface area contributed by atoms with E-state index in [4.69, 9.17) is 5.73 Å². The molecule has 0 spiro atoms. The van der Waals surface area contributed by atoms with Gasteiger partial charge in [-0.1, -0.05) is 19.8 Å². The van der Waals surface area contributed by atoms with Gasteiger partial charge in [-0.05, 0) is 45.6 Å². The molecule has 1 aromatic heterocycles. The fourth-order valence-corrected chi connectivity index (χ4v) is 3.14. The number of nitrogen functional groups attached to an aromatic ring is 1. The van der Waals surface area contributed by atoms with Gasteiger partial charge in [0.2, 0.25) is 0 Å². The van der Waals surface area contributed by atoms with E-state index in [1.165, 1.54) is 24.4 Å². The van der Waals surface area contributed by atoms with Crippen LogP contribution in [0.25, 0.3) is 0 Å². The Labute approximate surface area is 132 Å². The number of unbranched alkanes of at least 4 members (excludes halogenated alkanes) is 2. The van der Waals surface area contributed by atoms with Gasteiger partial charge >= 0.3 is 0 Å². The highest BCUT2D eigenvalue weighted by atomic mass is 32.1. The van der Waals surface area contributed by atoms with Crippen LogP contribution in [0.3, 0.4) is 0 Å². The van der Waals surface area contributed by atoms with Gasteiger partial charge in [-0.25, -0.2) is 0 Å². The molecule has 0 bridgehead atoms. The van der Waals surface area contributed by atoms with E-state index >= 15 is 0 Å². The first-order valence-electron chi connectivity index (χ1n) is 7.71. The fraction of sp³-hybridized carbons (Fsp3) is 0.733. The van der Waals surface area contributed by atoms with Crippen molar-refractivity contribution in [2.24, 2.45) is 0 Å². The van der Waals surface area contributed by atoms with Gasteiger partial charge in [-0.15, -0.1) is 0 Å². The topological polar surface area (TPSA) is 71.2 Å². The SMILES string of the molecule is CCCCCN(c1snc(N)c1C(=O)NC(C)C)C(C)C. The van der Waals surface area contributed by atoms with Crippen molar-refractivity contribution in [1.82, 2.24) is 9.69 Å². The van der Waals surface area contributed by atoms with Crippen LogP contribution >= 0.6 is 11.5 Å². The van der Waals surface area contributed by atoms with E-state index in [0.717, 1.165) is 18.0 Å². The van der Waals surface area contributed by atoms with Crippen molar-refractivity contribution in [2.45, 2.75) is 66.0 Å². The molecule has 5 nitrogen and oxygen atoms in total. The molecule has 21 heavy (non-hydrogen) atoms. The predicted molar refractivity (Wildman–Crippen MR) is 91.1 cm³/mol. The summed E-state index contributed by atoms with van der Waals surface area (Å²) in [6.07, 6.45) is 3.47. The maximum absolute atomic E-state index is 12.4. The lowest BCUT2D eigenvalue weighted by Gasteiger charge is -2.28. The van der Waals surface area contributed by atoms with Crippen molar-refractivity contribution < 1.29 is 4.79 Å². The summed E-state index contributed by atoms with van der Waals surface area (Å²) in [7, 11) is 0. The van der Waals surface area contributed by atoms with Crippen molar-refractivity contribution >= 4 is 28.3 Å². The van der Waals surface area contributed by atoms with Crippen LogP contribution in [0.15, 0.2) is 0 Å². The van der Waals surface area contributed by atoms with E-state index in [-0.39, 0.29) is 11.9 Å². The summed E-state index contributed by atoms with van der Waals surface area (Å²) in [6, 6.07) is 0.393. The third kappa shape index (κ3) is 4.88. The molecule has 0 atom stereocenters. The van der Waals surface area contributed by atoms with Crippen LogP contribution in [0.5, 0.6) is 0 Å². The molecule has 0 aliphatic rings. The van der Waals surface area contributed by atoms with Gasteiger partial charge in [0.1, 0.15) is 10.6 Å². The Balaban J connectivity index is 3.00. The fourth-order valence-electron chi connectivity index (χ4n) is 2.16. The molecule has 1 rings (SSSR count). The number of carbonyl (C=O) groups is 1. The second-order valence-electron chi connectivity index (χ2n) is 5.87.